The van der Waals surface area contributed by atoms with Crippen molar-refractivity contribution in [3.8, 4) is 0 Å². The third-order valence-electron chi connectivity index (χ3n) is 4.04. The molecule has 0 aliphatic carbocycles. The fourth-order valence-electron chi connectivity index (χ4n) is 2.82. The molecule has 1 heterocycles. The molecule has 0 spiro atoms. The van der Waals surface area contributed by atoms with Crippen molar-refractivity contribution in [1.29, 1.82) is 0 Å². The number of amides is 1. The fraction of sp³-hybridized carbons (Fsp3) is 0.278. The summed E-state index contributed by atoms with van der Waals surface area (Å²) in [4.78, 5) is 16.3. The van der Waals surface area contributed by atoms with Gasteiger partial charge in [0.15, 0.2) is 0 Å². The van der Waals surface area contributed by atoms with Crippen LogP contribution in [0.5, 0.6) is 0 Å². The van der Waals surface area contributed by atoms with Gasteiger partial charge in [-0.05, 0) is 52.9 Å². The van der Waals surface area contributed by atoms with Gasteiger partial charge < -0.3 is 10.2 Å². The van der Waals surface area contributed by atoms with Crippen LogP contribution in [-0.2, 0) is 4.79 Å². The number of carbonyl (C=O) groups excluding carboxylic acids is 1. The van der Waals surface area contributed by atoms with Crippen LogP contribution in [0, 0.1) is 9.39 Å². The van der Waals surface area contributed by atoms with E-state index in [0.717, 1.165) is 35.4 Å². The monoisotopic (exact) mass is 439 g/mol. The van der Waals surface area contributed by atoms with Crippen molar-refractivity contribution in [2.75, 3.05) is 42.9 Å². The van der Waals surface area contributed by atoms with E-state index in [4.69, 9.17) is 0 Å². The summed E-state index contributed by atoms with van der Waals surface area (Å²) < 4.78 is 14.9. The fourth-order valence-corrected chi connectivity index (χ4v) is 3.37. The molecule has 126 valence electrons. The van der Waals surface area contributed by atoms with Gasteiger partial charge in [-0.1, -0.05) is 18.2 Å². The van der Waals surface area contributed by atoms with Gasteiger partial charge in [0.25, 0.3) is 0 Å². The second-order valence-electron chi connectivity index (χ2n) is 5.77. The molecule has 1 N–H and O–H groups in total. The normalized spacial score (nSPS) is 15.3. The zero-order valence-corrected chi connectivity index (χ0v) is 15.4. The van der Waals surface area contributed by atoms with Crippen LogP contribution in [0.25, 0.3) is 0 Å². The summed E-state index contributed by atoms with van der Waals surface area (Å²) in [6.45, 7) is 3.29. The Morgan fingerprint density at radius 3 is 2.54 bits per heavy atom. The molecule has 2 aromatic rings. The molecule has 2 aromatic carbocycles. The van der Waals surface area contributed by atoms with Crippen molar-refractivity contribution in [3.63, 3.8) is 0 Å². The highest BCUT2D eigenvalue weighted by Gasteiger charge is 2.20. The van der Waals surface area contributed by atoms with Crippen molar-refractivity contribution >= 4 is 39.9 Å². The Bertz CT molecular complexity index is 717. The van der Waals surface area contributed by atoms with Crippen LogP contribution in [0.3, 0.4) is 0 Å². The Balaban J connectivity index is 1.50. The van der Waals surface area contributed by atoms with E-state index >= 15 is 0 Å². The van der Waals surface area contributed by atoms with Crippen molar-refractivity contribution < 1.29 is 9.18 Å². The molecule has 0 unspecified atom stereocenters. The number of piperazine rings is 1. The molecule has 1 aliphatic heterocycles. The van der Waals surface area contributed by atoms with Gasteiger partial charge in [0.2, 0.25) is 5.91 Å². The molecule has 0 saturated carbocycles. The molecule has 3 rings (SSSR count). The Morgan fingerprint density at radius 1 is 1.08 bits per heavy atom. The number of nitrogens with one attached hydrogen (secondary N) is 1. The molecule has 0 atom stereocenters. The minimum absolute atomic E-state index is 0.0173. The molecule has 1 fully saturated rings. The number of halogens is 2. The summed E-state index contributed by atoms with van der Waals surface area (Å²) in [5, 5.41) is 2.92. The van der Waals surface area contributed by atoms with E-state index in [1.54, 1.807) is 12.1 Å². The third kappa shape index (κ3) is 4.45. The van der Waals surface area contributed by atoms with Gasteiger partial charge >= 0.3 is 0 Å². The van der Waals surface area contributed by atoms with E-state index in [1.165, 1.54) is 6.07 Å². The average molecular weight is 439 g/mol. The standard InChI is InChI=1S/C18H19FIN3O/c19-16-6-1-2-7-17(16)23-10-8-22(9-11-23)13-18(24)21-15-5-3-4-14(20)12-15/h1-7,12H,8-11,13H2,(H,21,24). The second-order valence-corrected chi connectivity index (χ2v) is 7.02. The number of carbonyl (C=O) groups is 1. The van der Waals surface area contributed by atoms with Crippen LogP contribution in [0.2, 0.25) is 0 Å². The van der Waals surface area contributed by atoms with Crippen LogP contribution in [0.15, 0.2) is 48.5 Å². The SMILES string of the molecule is O=C(CN1CCN(c2ccccc2F)CC1)Nc1cccc(I)c1. The Hall–Kier alpha value is -1.67. The van der Waals surface area contributed by atoms with Gasteiger partial charge in [0.05, 0.1) is 12.2 Å². The average Bonchev–Trinajstić information content (AvgIpc) is 2.56. The largest absolute Gasteiger partial charge is 0.367 e. The summed E-state index contributed by atoms with van der Waals surface area (Å²) in [5.74, 6) is -0.210. The zero-order chi connectivity index (χ0) is 16.9. The van der Waals surface area contributed by atoms with Gasteiger partial charge in [-0.15, -0.1) is 0 Å². The molecule has 1 saturated heterocycles. The summed E-state index contributed by atoms with van der Waals surface area (Å²) >= 11 is 2.22. The van der Waals surface area contributed by atoms with E-state index in [2.05, 4.69) is 32.8 Å². The van der Waals surface area contributed by atoms with Gasteiger partial charge in [-0.2, -0.15) is 0 Å². The number of para-hydroxylation sites is 1. The highest BCUT2D eigenvalue weighted by molar-refractivity contribution is 14.1. The van der Waals surface area contributed by atoms with Crippen molar-refractivity contribution in [2.45, 2.75) is 0 Å². The highest BCUT2D eigenvalue weighted by atomic mass is 127. The predicted octanol–water partition coefficient (Wildman–Crippen LogP) is 3.19. The first-order chi connectivity index (χ1) is 11.6. The summed E-state index contributed by atoms with van der Waals surface area (Å²) in [6, 6.07) is 14.6. The maximum absolute atomic E-state index is 13.8. The van der Waals surface area contributed by atoms with Crippen LogP contribution >= 0.6 is 22.6 Å². The molecule has 0 bridgehead atoms. The Morgan fingerprint density at radius 2 is 1.83 bits per heavy atom. The lowest BCUT2D eigenvalue weighted by molar-refractivity contribution is -0.117. The zero-order valence-electron chi connectivity index (χ0n) is 13.2. The summed E-state index contributed by atoms with van der Waals surface area (Å²) in [7, 11) is 0. The van der Waals surface area contributed by atoms with Gasteiger partial charge in [-0.25, -0.2) is 4.39 Å². The second kappa shape index (κ2) is 7.94. The first-order valence-electron chi connectivity index (χ1n) is 7.89. The molecule has 6 heteroatoms. The van der Waals surface area contributed by atoms with Gasteiger partial charge in [0.1, 0.15) is 5.82 Å². The van der Waals surface area contributed by atoms with Crippen molar-refractivity contribution in [3.05, 3.63) is 57.9 Å². The van der Waals surface area contributed by atoms with Gasteiger partial charge in [-0.3, -0.25) is 9.69 Å². The molecular weight excluding hydrogens is 420 g/mol. The summed E-state index contributed by atoms with van der Waals surface area (Å²) in [5.41, 5.74) is 1.46. The van der Waals surface area contributed by atoms with Crippen LogP contribution in [0.1, 0.15) is 0 Å². The number of rotatable bonds is 4. The minimum atomic E-state index is -0.192. The molecule has 0 aromatic heterocycles. The number of anilines is 2. The van der Waals surface area contributed by atoms with E-state index in [-0.39, 0.29) is 11.7 Å². The number of hydrogen-bond acceptors (Lipinski definition) is 3. The third-order valence-corrected chi connectivity index (χ3v) is 4.71. The molecule has 4 nitrogen and oxygen atoms in total. The number of benzene rings is 2. The highest BCUT2D eigenvalue weighted by Crippen LogP contribution is 2.20. The minimum Gasteiger partial charge on any atom is -0.367 e. The van der Waals surface area contributed by atoms with Crippen molar-refractivity contribution in [1.82, 2.24) is 4.90 Å². The molecule has 24 heavy (non-hydrogen) atoms. The van der Waals surface area contributed by atoms with Crippen LogP contribution < -0.4 is 10.2 Å². The van der Waals surface area contributed by atoms with Crippen LogP contribution in [-0.4, -0.2) is 43.5 Å². The molecule has 0 radical (unpaired) electrons. The lowest BCUT2D eigenvalue weighted by atomic mass is 10.2. The number of hydrogen-bond donors (Lipinski definition) is 1. The summed E-state index contributed by atoms with van der Waals surface area (Å²) in [6.07, 6.45) is 0. The first kappa shape index (κ1) is 17.2. The lowest BCUT2D eigenvalue weighted by Gasteiger charge is -2.35. The molecule has 1 amide bonds. The van der Waals surface area contributed by atoms with E-state index in [1.807, 2.05) is 35.2 Å². The Labute approximate surface area is 154 Å². The Kier molecular flexibility index (Phi) is 5.68. The quantitative estimate of drug-likeness (QED) is 0.744. The van der Waals surface area contributed by atoms with Gasteiger partial charge in [0, 0.05) is 35.4 Å². The smallest absolute Gasteiger partial charge is 0.238 e. The number of nitrogens with zero attached hydrogens (tertiary/aromatic N) is 2. The topological polar surface area (TPSA) is 35.6 Å². The maximum atomic E-state index is 13.8. The maximum Gasteiger partial charge on any atom is 0.238 e. The van der Waals surface area contributed by atoms with E-state index in [9.17, 15) is 9.18 Å². The molecule has 1 aliphatic rings. The lowest BCUT2D eigenvalue weighted by Crippen LogP contribution is -2.48. The predicted molar refractivity (Wildman–Crippen MR) is 103 cm³/mol. The van der Waals surface area contributed by atoms with Crippen LogP contribution in [0.4, 0.5) is 15.8 Å². The van der Waals surface area contributed by atoms with E-state index < -0.39 is 0 Å². The first-order valence-corrected chi connectivity index (χ1v) is 8.97. The van der Waals surface area contributed by atoms with Crippen molar-refractivity contribution in [2.24, 2.45) is 0 Å². The molecular formula is C18H19FIN3O. The van der Waals surface area contributed by atoms with E-state index in [0.29, 0.717) is 12.2 Å².